The Morgan fingerprint density at radius 2 is 1.86 bits per heavy atom. The van der Waals surface area contributed by atoms with E-state index in [1.165, 1.54) is 45.8 Å². The van der Waals surface area contributed by atoms with Gasteiger partial charge < -0.3 is 9.64 Å². The van der Waals surface area contributed by atoms with E-state index in [-0.39, 0.29) is 23.1 Å². The summed E-state index contributed by atoms with van der Waals surface area (Å²) in [4.78, 5) is 35.9. The Kier molecular flexibility index (Phi) is 6.86. The summed E-state index contributed by atoms with van der Waals surface area (Å²) < 4.78 is 46.1. The number of thiazole rings is 2. The van der Waals surface area contributed by atoms with Crippen LogP contribution in [-0.2, 0) is 6.18 Å². The van der Waals surface area contributed by atoms with Crippen LogP contribution in [0.15, 0.2) is 47.8 Å². The predicted molar refractivity (Wildman–Crippen MR) is 136 cm³/mol. The Labute approximate surface area is 217 Å². The Morgan fingerprint density at radius 3 is 2.59 bits per heavy atom. The zero-order valence-electron chi connectivity index (χ0n) is 19.5. The SMILES string of the molecule is COc1ccc2nc(NC(=O)c3csc(C4CCN(C(=O)c5ccccc5C(F)(F)F)CC4)n3)sc2c1. The van der Waals surface area contributed by atoms with Gasteiger partial charge in [0.05, 0.1) is 33.5 Å². The maximum atomic E-state index is 13.3. The number of anilines is 1. The number of nitrogens with one attached hydrogen (secondary N) is 1. The van der Waals surface area contributed by atoms with Crippen molar-refractivity contribution in [3.63, 3.8) is 0 Å². The summed E-state index contributed by atoms with van der Waals surface area (Å²) in [5, 5.41) is 5.68. The summed E-state index contributed by atoms with van der Waals surface area (Å²) in [6.45, 7) is 0.623. The second-order valence-electron chi connectivity index (χ2n) is 8.49. The predicted octanol–water partition coefficient (Wildman–Crippen LogP) is 6.05. The Hall–Kier alpha value is -3.51. The lowest BCUT2D eigenvalue weighted by atomic mass is 9.96. The minimum absolute atomic E-state index is 0.0170. The van der Waals surface area contributed by atoms with Crippen LogP contribution in [0.4, 0.5) is 18.3 Å². The van der Waals surface area contributed by atoms with Crippen LogP contribution >= 0.6 is 22.7 Å². The van der Waals surface area contributed by atoms with E-state index in [2.05, 4.69) is 15.3 Å². The van der Waals surface area contributed by atoms with Crippen molar-refractivity contribution in [2.45, 2.75) is 24.9 Å². The standard InChI is InChI=1S/C25H21F3N4O3S2/c1-35-15-6-7-18-20(12-15)37-24(30-18)31-21(33)19-13-36-22(29-19)14-8-10-32(11-9-14)23(34)16-4-2-3-5-17(16)25(26,27)28/h2-7,12-14H,8-11H2,1H3,(H,30,31,33). The van der Waals surface area contributed by atoms with Crippen LogP contribution in [0, 0.1) is 0 Å². The normalized spacial score (nSPS) is 14.6. The van der Waals surface area contributed by atoms with Gasteiger partial charge in [-0.15, -0.1) is 11.3 Å². The van der Waals surface area contributed by atoms with Gasteiger partial charge in [0.1, 0.15) is 11.4 Å². The fourth-order valence-corrected chi connectivity index (χ4v) is 6.10. The van der Waals surface area contributed by atoms with Gasteiger partial charge in [-0.05, 0) is 43.2 Å². The molecule has 1 saturated heterocycles. The van der Waals surface area contributed by atoms with E-state index in [0.29, 0.717) is 36.8 Å². The van der Waals surface area contributed by atoms with E-state index >= 15 is 0 Å². The summed E-state index contributed by atoms with van der Waals surface area (Å²) in [7, 11) is 1.58. The minimum atomic E-state index is -4.60. The monoisotopic (exact) mass is 546 g/mol. The summed E-state index contributed by atoms with van der Waals surface area (Å²) >= 11 is 2.69. The Balaban J connectivity index is 1.21. The number of carbonyl (C=O) groups excluding carboxylic acids is 2. The van der Waals surface area contributed by atoms with Crippen molar-refractivity contribution in [1.82, 2.24) is 14.9 Å². The number of halogens is 3. The van der Waals surface area contributed by atoms with Crippen molar-refractivity contribution < 1.29 is 27.5 Å². The maximum Gasteiger partial charge on any atom is 0.417 e. The highest BCUT2D eigenvalue weighted by atomic mass is 32.1. The Morgan fingerprint density at radius 1 is 1.11 bits per heavy atom. The van der Waals surface area contributed by atoms with Crippen molar-refractivity contribution >= 4 is 49.8 Å². The van der Waals surface area contributed by atoms with Gasteiger partial charge in [0, 0.05) is 24.4 Å². The number of aromatic nitrogens is 2. The molecular formula is C25H21F3N4O3S2. The van der Waals surface area contributed by atoms with Gasteiger partial charge in [0.15, 0.2) is 5.13 Å². The molecule has 1 N–H and O–H groups in total. The Bertz CT molecular complexity index is 1460. The zero-order valence-corrected chi connectivity index (χ0v) is 21.2. The lowest BCUT2D eigenvalue weighted by Crippen LogP contribution is -2.38. The second-order valence-corrected chi connectivity index (χ2v) is 10.4. The summed E-state index contributed by atoms with van der Waals surface area (Å²) in [5.41, 5.74) is -0.242. The van der Waals surface area contributed by atoms with Crippen LogP contribution in [-0.4, -0.2) is 46.9 Å². The molecule has 0 radical (unpaired) electrons. The summed E-state index contributed by atoms with van der Waals surface area (Å²) in [6, 6.07) is 10.3. The molecule has 2 aromatic carbocycles. The van der Waals surface area contributed by atoms with E-state index in [4.69, 9.17) is 4.74 Å². The third-order valence-corrected chi connectivity index (χ3v) is 8.11. The van der Waals surface area contributed by atoms with Gasteiger partial charge in [-0.25, -0.2) is 9.97 Å². The molecule has 0 atom stereocenters. The van der Waals surface area contributed by atoms with Crippen LogP contribution in [0.5, 0.6) is 5.75 Å². The third kappa shape index (κ3) is 5.30. The summed E-state index contributed by atoms with van der Waals surface area (Å²) in [6.07, 6.45) is -3.50. The molecule has 37 heavy (non-hydrogen) atoms. The topological polar surface area (TPSA) is 84.4 Å². The molecule has 0 unspecified atom stereocenters. The minimum Gasteiger partial charge on any atom is -0.497 e. The highest BCUT2D eigenvalue weighted by Crippen LogP contribution is 2.35. The van der Waals surface area contributed by atoms with Crippen molar-refractivity contribution in [3.8, 4) is 5.75 Å². The van der Waals surface area contributed by atoms with Crippen LogP contribution in [0.25, 0.3) is 10.2 Å². The first kappa shape index (κ1) is 25.2. The van der Waals surface area contributed by atoms with E-state index in [9.17, 15) is 22.8 Å². The zero-order chi connectivity index (χ0) is 26.2. The maximum absolute atomic E-state index is 13.3. The number of carbonyl (C=O) groups is 2. The quantitative estimate of drug-likeness (QED) is 0.329. The molecule has 1 aliphatic heterocycles. The smallest absolute Gasteiger partial charge is 0.417 e. The van der Waals surface area contributed by atoms with Crippen LogP contribution in [0.3, 0.4) is 0 Å². The third-order valence-electron chi connectivity index (χ3n) is 6.16. The molecule has 1 aliphatic rings. The van der Waals surface area contributed by atoms with Gasteiger partial charge in [-0.2, -0.15) is 13.2 Å². The summed E-state index contributed by atoms with van der Waals surface area (Å²) in [5.74, 6) is -0.275. The second kappa shape index (κ2) is 10.1. The highest BCUT2D eigenvalue weighted by Gasteiger charge is 2.36. The van der Waals surface area contributed by atoms with Gasteiger partial charge in [-0.1, -0.05) is 23.5 Å². The number of rotatable bonds is 5. The number of benzene rings is 2. The molecule has 0 spiro atoms. The highest BCUT2D eigenvalue weighted by molar-refractivity contribution is 7.22. The van der Waals surface area contributed by atoms with E-state index < -0.39 is 17.6 Å². The molecule has 7 nitrogen and oxygen atoms in total. The van der Waals surface area contributed by atoms with Crippen molar-refractivity contribution in [2.24, 2.45) is 0 Å². The lowest BCUT2D eigenvalue weighted by molar-refractivity contribution is -0.138. The van der Waals surface area contributed by atoms with E-state index in [1.807, 2.05) is 12.1 Å². The van der Waals surface area contributed by atoms with Gasteiger partial charge in [-0.3, -0.25) is 14.9 Å². The first-order chi connectivity index (χ1) is 17.7. The van der Waals surface area contributed by atoms with Crippen molar-refractivity contribution in [2.75, 3.05) is 25.5 Å². The molecule has 3 heterocycles. The molecule has 2 amide bonds. The van der Waals surface area contributed by atoms with Crippen molar-refractivity contribution in [3.05, 3.63) is 69.7 Å². The average Bonchev–Trinajstić information content (AvgIpc) is 3.54. The molecule has 2 aromatic heterocycles. The van der Waals surface area contributed by atoms with Crippen LogP contribution < -0.4 is 10.1 Å². The number of piperidine rings is 1. The molecule has 0 bridgehead atoms. The number of methoxy groups -OCH3 is 1. The molecule has 12 heteroatoms. The van der Waals surface area contributed by atoms with Crippen LogP contribution in [0.1, 0.15) is 50.2 Å². The molecule has 0 saturated carbocycles. The first-order valence-corrected chi connectivity index (χ1v) is 13.1. The largest absolute Gasteiger partial charge is 0.497 e. The number of ether oxygens (including phenoxy) is 1. The number of amides is 2. The molecule has 4 aromatic rings. The molecule has 0 aliphatic carbocycles. The lowest BCUT2D eigenvalue weighted by Gasteiger charge is -2.31. The fraction of sp³-hybridized carbons (Fsp3) is 0.280. The van der Waals surface area contributed by atoms with Crippen molar-refractivity contribution in [1.29, 1.82) is 0 Å². The number of fused-ring (bicyclic) bond motifs is 1. The number of nitrogens with zero attached hydrogens (tertiary/aromatic N) is 3. The molecule has 5 rings (SSSR count). The molecule has 1 fully saturated rings. The number of hydrogen-bond acceptors (Lipinski definition) is 7. The van der Waals surface area contributed by atoms with Gasteiger partial charge in [0.2, 0.25) is 0 Å². The van der Waals surface area contributed by atoms with E-state index in [1.54, 1.807) is 18.6 Å². The molecular weight excluding hydrogens is 525 g/mol. The van der Waals surface area contributed by atoms with Gasteiger partial charge in [0.25, 0.3) is 11.8 Å². The first-order valence-electron chi connectivity index (χ1n) is 11.4. The number of alkyl halides is 3. The van der Waals surface area contributed by atoms with Crippen LogP contribution in [0.2, 0.25) is 0 Å². The fourth-order valence-electron chi connectivity index (χ4n) is 4.24. The number of hydrogen-bond donors (Lipinski definition) is 1. The average molecular weight is 547 g/mol. The number of likely N-dealkylation sites (tertiary alicyclic amines) is 1. The van der Waals surface area contributed by atoms with E-state index in [0.717, 1.165) is 21.3 Å². The van der Waals surface area contributed by atoms with Gasteiger partial charge >= 0.3 is 6.18 Å². The molecule has 192 valence electrons.